The van der Waals surface area contributed by atoms with Gasteiger partial charge in [0, 0.05) is 5.69 Å². The van der Waals surface area contributed by atoms with E-state index < -0.39 is 0 Å². The predicted octanol–water partition coefficient (Wildman–Crippen LogP) is 6.72. The molecule has 0 spiro atoms. The smallest absolute Gasteiger partial charge is 0.261 e. The summed E-state index contributed by atoms with van der Waals surface area (Å²) in [6, 6.07) is 16.6. The van der Waals surface area contributed by atoms with Crippen LogP contribution in [0.3, 0.4) is 0 Å². The van der Waals surface area contributed by atoms with Gasteiger partial charge in [0.2, 0.25) is 5.89 Å². The van der Waals surface area contributed by atoms with Crippen LogP contribution in [-0.4, -0.2) is 23.1 Å². The fourth-order valence-electron chi connectivity index (χ4n) is 3.62. The van der Waals surface area contributed by atoms with Crippen molar-refractivity contribution in [3.8, 4) is 17.2 Å². The van der Waals surface area contributed by atoms with Crippen molar-refractivity contribution in [2.24, 2.45) is 0 Å². The molecule has 0 bridgehead atoms. The third kappa shape index (κ3) is 4.90. The number of carbonyl (C=O) groups is 1. The Kier molecular flexibility index (Phi) is 6.86. The van der Waals surface area contributed by atoms with Gasteiger partial charge in [0.15, 0.2) is 10.7 Å². The van der Waals surface area contributed by atoms with Gasteiger partial charge in [0.25, 0.3) is 5.91 Å². The highest BCUT2D eigenvalue weighted by Crippen LogP contribution is 2.33. The molecule has 1 aromatic heterocycles. The molecule has 0 fully saturated rings. The van der Waals surface area contributed by atoms with Crippen LogP contribution in [0.4, 0.5) is 5.69 Å². The Labute approximate surface area is 208 Å². The first-order chi connectivity index (χ1) is 16.3. The third-order valence-electron chi connectivity index (χ3n) is 5.42. The lowest BCUT2D eigenvalue weighted by molar-refractivity contribution is 0.0974. The minimum atomic E-state index is -0.368. The standard InChI is InChI=1S/C26H24ClN3O3S/c1-14(2)16-8-11-22-21(12-16)29-25(33-22)19-13-17(9-10-20(19)27)28-26(34)30-24(31)18-7-5-6-15(3)23(18)32-4/h5-14H,1-4H3,(H2,28,30,31,34). The number of anilines is 1. The van der Waals surface area contributed by atoms with Crippen LogP contribution in [0.1, 0.15) is 41.3 Å². The second-order valence-electron chi connectivity index (χ2n) is 8.16. The van der Waals surface area contributed by atoms with E-state index in [4.69, 9.17) is 33.0 Å². The van der Waals surface area contributed by atoms with Gasteiger partial charge in [-0.05, 0) is 72.6 Å². The number of thiocarbonyl (C=S) groups is 1. The Hall–Kier alpha value is -3.42. The summed E-state index contributed by atoms with van der Waals surface area (Å²) in [6.07, 6.45) is 0. The van der Waals surface area contributed by atoms with E-state index in [9.17, 15) is 4.79 Å². The molecule has 0 radical (unpaired) electrons. The van der Waals surface area contributed by atoms with E-state index in [1.165, 1.54) is 12.7 Å². The molecule has 0 saturated carbocycles. The van der Waals surface area contributed by atoms with Crippen molar-refractivity contribution in [2.75, 3.05) is 12.4 Å². The van der Waals surface area contributed by atoms with E-state index in [1.807, 2.05) is 31.2 Å². The molecule has 1 heterocycles. The summed E-state index contributed by atoms with van der Waals surface area (Å²) in [5.41, 5.74) is 5.13. The van der Waals surface area contributed by atoms with Crippen LogP contribution in [-0.2, 0) is 0 Å². The zero-order valence-electron chi connectivity index (χ0n) is 19.2. The van der Waals surface area contributed by atoms with Gasteiger partial charge in [-0.15, -0.1) is 0 Å². The number of hydrogen-bond donors (Lipinski definition) is 2. The third-order valence-corrected chi connectivity index (χ3v) is 5.95. The normalized spacial score (nSPS) is 11.0. The number of fused-ring (bicyclic) bond motifs is 1. The highest BCUT2D eigenvalue weighted by atomic mass is 35.5. The van der Waals surface area contributed by atoms with Crippen LogP contribution in [0.15, 0.2) is 59.0 Å². The number of para-hydroxylation sites is 1. The first kappa shape index (κ1) is 23.7. The van der Waals surface area contributed by atoms with Crippen LogP contribution in [0, 0.1) is 6.92 Å². The average molecular weight is 494 g/mol. The van der Waals surface area contributed by atoms with E-state index in [0.29, 0.717) is 45.0 Å². The molecule has 0 aliphatic carbocycles. The predicted molar refractivity (Wildman–Crippen MR) is 140 cm³/mol. The number of amides is 1. The van der Waals surface area contributed by atoms with E-state index in [1.54, 1.807) is 30.3 Å². The van der Waals surface area contributed by atoms with Gasteiger partial charge in [-0.1, -0.05) is 43.6 Å². The zero-order valence-corrected chi connectivity index (χ0v) is 20.8. The Balaban J connectivity index is 1.54. The molecule has 2 N–H and O–H groups in total. The lowest BCUT2D eigenvalue weighted by atomic mass is 10.0. The fraction of sp³-hybridized carbons (Fsp3) is 0.192. The quantitative estimate of drug-likeness (QED) is 0.301. The number of ether oxygens (including phenoxy) is 1. The molecule has 0 atom stereocenters. The molecule has 8 heteroatoms. The number of carbonyl (C=O) groups excluding carboxylic acids is 1. The lowest BCUT2D eigenvalue weighted by Gasteiger charge is -2.13. The Morgan fingerprint density at radius 2 is 1.94 bits per heavy atom. The fourth-order valence-corrected chi connectivity index (χ4v) is 4.03. The van der Waals surface area contributed by atoms with Gasteiger partial charge in [-0.2, -0.15) is 0 Å². The summed E-state index contributed by atoms with van der Waals surface area (Å²) in [7, 11) is 1.53. The van der Waals surface area contributed by atoms with Gasteiger partial charge in [-0.3, -0.25) is 10.1 Å². The minimum Gasteiger partial charge on any atom is -0.496 e. The number of halogens is 1. The molecule has 1 amide bonds. The van der Waals surface area contributed by atoms with Crippen molar-refractivity contribution in [3.05, 3.63) is 76.3 Å². The zero-order chi connectivity index (χ0) is 24.4. The van der Waals surface area contributed by atoms with Crippen molar-refractivity contribution in [1.29, 1.82) is 0 Å². The van der Waals surface area contributed by atoms with Gasteiger partial charge in [0.1, 0.15) is 11.3 Å². The lowest BCUT2D eigenvalue weighted by Crippen LogP contribution is -2.34. The second kappa shape index (κ2) is 9.83. The topological polar surface area (TPSA) is 76.4 Å². The van der Waals surface area contributed by atoms with E-state index in [0.717, 1.165) is 11.1 Å². The van der Waals surface area contributed by atoms with Gasteiger partial charge in [-0.25, -0.2) is 4.98 Å². The summed E-state index contributed by atoms with van der Waals surface area (Å²) in [5, 5.41) is 6.34. The number of aryl methyl sites for hydroxylation is 1. The van der Waals surface area contributed by atoms with Crippen molar-refractivity contribution in [1.82, 2.24) is 10.3 Å². The van der Waals surface area contributed by atoms with Gasteiger partial charge >= 0.3 is 0 Å². The number of hydrogen-bond acceptors (Lipinski definition) is 5. The highest BCUT2D eigenvalue weighted by molar-refractivity contribution is 7.80. The van der Waals surface area contributed by atoms with Crippen molar-refractivity contribution >= 4 is 51.6 Å². The molecule has 0 aliphatic heterocycles. The number of nitrogens with one attached hydrogen (secondary N) is 2. The molecule has 0 unspecified atom stereocenters. The molecule has 174 valence electrons. The highest BCUT2D eigenvalue weighted by Gasteiger charge is 2.17. The van der Waals surface area contributed by atoms with Crippen molar-refractivity contribution < 1.29 is 13.9 Å². The largest absolute Gasteiger partial charge is 0.496 e. The maximum absolute atomic E-state index is 12.7. The van der Waals surface area contributed by atoms with Crippen molar-refractivity contribution in [2.45, 2.75) is 26.7 Å². The molecule has 4 rings (SSSR count). The van der Waals surface area contributed by atoms with Crippen LogP contribution in [0.2, 0.25) is 5.02 Å². The number of methoxy groups -OCH3 is 1. The van der Waals surface area contributed by atoms with Crippen LogP contribution >= 0.6 is 23.8 Å². The van der Waals surface area contributed by atoms with Crippen LogP contribution in [0.25, 0.3) is 22.6 Å². The molecule has 0 saturated heterocycles. The SMILES string of the molecule is COc1c(C)cccc1C(=O)NC(=S)Nc1ccc(Cl)c(-c2nc3cc(C(C)C)ccc3o2)c1. The first-order valence-corrected chi connectivity index (χ1v) is 11.5. The number of nitrogens with zero attached hydrogens (tertiary/aromatic N) is 1. The number of oxazole rings is 1. The molecule has 6 nitrogen and oxygen atoms in total. The second-order valence-corrected chi connectivity index (χ2v) is 8.97. The first-order valence-electron chi connectivity index (χ1n) is 10.7. The Bertz CT molecular complexity index is 1400. The number of benzene rings is 3. The summed E-state index contributed by atoms with van der Waals surface area (Å²) in [6.45, 7) is 6.13. The molecule has 3 aromatic carbocycles. The summed E-state index contributed by atoms with van der Waals surface area (Å²) >= 11 is 11.8. The van der Waals surface area contributed by atoms with Crippen LogP contribution in [0.5, 0.6) is 5.75 Å². The summed E-state index contributed by atoms with van der Waals surface area (Å²) in [5.74, 6) is 0.931. The number of rotatable bonds is 5. The molecular formula is C26H24ClN3O3S. The monoisotopic (exact) mass is 493 g/mol. The van der Waals surface area contributed by atoms with Gasteiger partial charge in [0.05, 0.1) is 23.3 Å². The van der Waals surface area contributed by atoms with Gasteiger partial charge < -0.3 is 14.5 Å². The summed E-state index contributed by atoms with van der Waals surface area (Å²) < 4.78 is 11.3. The summed E-state index contributed by atoms with van der Waals surface area (Å²) in [4.78, 5) is 17.4. The Morgan fingerprint density at radius 3 is 2.68 bits per heavy atom. The molecular weight excluding hydrogens is 470 g/mol. The average Bonchev–Trinajstić information content (AvgIpc) is 3.23. The molecule has 0 aliphatic rings. The van der Waals surface area contributed by atoms with Crippen LogP contribution < -0.4 is 15.4 Å². The van der Waals surface area contributed by atoms with E-state index in [-0.39, 0.29) is 11.0 Å². The van der Waals surface area contributed by atoms with Crippen molar-refractivity contribution in [3.63, 3.8) is 0 Å². The van der Waals surface area contributed by atoms with E-state index in [2.05, 4.69) is 29.5 Å². The molecule has 4 aromatic rings. The minimum absolute atomic E-state index is 0.140. The maximum Gasteiger partial charge on any atom is 0.261 e. The number of aromatic nitrogens is 1. The Morgan fingerprint density at radius 1 is 1.15 bits per heavy atom. The molecule has 34 heavy (non-hydrogen) atoms. The van der Waals surface area contributed by atoms with E-state index >= 15 is 0 Å². The maximum atomic E-state index is 12.7.